The van der Waals surface area contributed by atoms with Gasteiger partial charge in [0.25, 0.3) is 6.47 Å². The molecule has 1 aromatic rings. The van der Waals surface area contributed by atoms with Crippen LogP contribution in [-0.2, 0) is 16.1 Å². The molecule has 0 spiro atoms. The topological polar surface area (TPSA) is 50.4 Å². The SMILES string of the molecule is CC(C)(C)OC=O.CCC1CC(NCc2ccccc2)CCN1. The van der Waals surface area contributed by atoms with E-state index in [4.69, 9.17) is 0 Å². The summed E-state index contributed by atoms with van der Waals surface area (Å²) in [5, 5.41) is 7.22. The standard InChI is InChI=1S/C14H22N2.C5H10O2/c1-2-13-10-14(8-9-15-13)16-11-12-6-4-3-5-7-12;1-5(2,3)7-4-6/h3-7,13-16H,2,8-11H2,1H3;4H,1-3H3. The van der Waals surface area contributed by atoms with Gasteiger partial charge in [-0.25, -0.2) is 0 Å². The molecule has 1 saturated heterocycles. The molecule has 1 aliphatic heterocycles. The summed E-state index contributed by atoms with van der Waals surface area (Å²) >= 11 is 0. The average Bonchev–Trinajstić information content (AvgIpc) is 2.54. The van der Waals surface area contributed by atoms with Crippen molar-refractivity contribution in [2.24, 2.45) is 0 Å². The molecule has 1 aromatic carbocycles. The molecule has 1 aliphatic rings. The zero-order valence-electron chi connectivity index (χ0n) is 15.0. The molecule has 0 amide bonds. The molecule has 1 heterocycles. The molecule has 4 heteroatoms. The maximum Gasteiger partial charge on any atom is 0.293 e. The van der Waals surface area contributed by atoms with Crippen molar-refractivity contribution in [3.8, 4) is 0 Å². The zero-order chi connectivity index (χ0) is 17.1. The molecule has 4 nitrogen and oxygen atoms in total. The van der Waals surface area contributed by atoms with Crippen LogP contribution in [0.25, 0.3) is 0 Å². The highest BCUT2D eigenvalue weighted by Crippen LogP contribution is 2.12. The van der Waals surface area contributed by atoms with Crippen LogP contribution in [0.15, 0.2) is 30.3 Å². The molecule has 0 bridgehead atoms. The fourth-order valence-corrected chi connectivity index (χ4v) is 2.51. The van der Waals surface area contributed by atoms with Gasteiger partial charge in [-0.15, -0.1) is 0 Å². The van der Waals surface area contributed by atoms with Crippen LogP contribution in [0.2, 0.25) is 0 Å². The maximum atomic E-state index is 9.60. The molecular formula is C19H32N2O2. The van der Waals surface area contributed by atoms with E-state index in [-0.39, 0.29) is 5.60 Å². The minimum atomic E-state index is -0.318. The summed E-state index contributed by atoms with van der Waals surface area (Å²) in [7, 11) is 0. The van der Waals surface area contributed by atoms with Crippen molar-refractivity contribution in [1.29, 1.82) is 0 Å². The van der Waals surface area contributed by atoms with E-state index < -0.39 is 0 Å². The predicted molar refractivity (Wildman–Crippen MR) is 95.3 cm³/mol. The molecule has 23 heavy (non-hydrogen) atoms. The van der Waals surface area contributed by atoms with E-state index in [0.29, 0.717) is 18.6 Å². The Labute approximate surface area is 141 Å². The average molecular weight is 320 g/mol. The number of hydrogen-bond donors (Lipinski definition) is 2. The number of ether oxygens (including phenoxy) is 1. The second-order valence-electron chi connectivity index (χ2n) is 6.97. The first-order valence-corrected chi connectivity index (χ1v) is 8.56. The molecule has 2 rings (SSSR count). The first-order valence-electron chi connectivity index (χ1n) is 8.56. The Balaban J connectivity index is 0.000000322. The van der Waals surface area contributed by atoms with Gasteiger partial charge in [0.2, 0.25) is 0 Å². The Hall–Kier alpha value is -1.39. The second-order valence-corrected chi connectivity index (χ2v) is 6.97. The van der Waals surface area contributed by atoms with Gasteiger partial charge in [0.05, 0.1) is 0 Å². The van der Waals surface area contributed by atoms with E-state index in [0.717, 1.165) is 13.1 Å². The normalized spacial score (nSPS) is 21.0. The number of piperidine rings is 1. The van der Waals surface area contributed by atoms with Crippen molar-refractivity contribution in [2.45, 2.75) is 71.2 Å². The van der Waals surface area contributed by atoms with Gasteiger partial charge in [-0.3, -0.25) is 4.79 Å². The van der Waals surface area contributed by atoms with E-state index in [1.165, 1.54) is 24.8 Å². The van der Waals surface area contributed by atoms with Gasteiger partial charge in [0.1, 0.15) is 5.60 Å². The lowest BCUT2D eigenvalue weighted by Gasteiger charge is -2.30. The number of hydrogen-bond acceptors (Lipinski definition) is 4. The monoisotopic (exact) mass is 320 g/mol. The summed E-state index contributed by atoms with van der Waals surface area (Å²) in [5.41, 5.74) is 1.07. The van der Waals surface area contributed by atoms with Gasteiger partial charge in [-0.2, -0.15) is 0 Å². The van der Waals surface area contributed by atoms with Gasteiger partial charge in [0, 0.05) is 18.6 Å². The number of nitrogens with one attached hydrogen (secondary N) is 2. The third-order valence-electron chi connectivity index (χ3n) is 3.83. The first kappa shape index (κ1) is 19.7. The van der Waals surface area contributed by atoms with Gasteiger partial charge in [-0.05, 0) is 52.1 Å². The molecule has 130 valence electrons. The quantitative estimate of drug-likeness (QED) is 0.818. The Morgan fingerprint density at radius 1 is 1.30 bits per heavy atom. The molecule has 0 aromatic heterocycles. The highest BCUT2D eigenvalue weighted by Gasteiger charge is 2.19. The molecule has 0 aliphatic carbocycles. The van der Waals surface area contributed by atoms with Crippen molar-refractivity contribution in [3.05, 3.63) is 35.9 Å². The van der Waals surface area contributed by atoms with Crippen LogP contribution in [0.3, 0.4) is 0 Å². The van der Waals surface area contributed by atoms with Crippen LogP contribution in [0.1, 0.15) is 52.5 Å². The molecule has 2 N–H and O–H groups in total. The number of carbonyl (C=O) groups is 1. The predicted octanol–water partition coefficient (Wildman–Crippen LogP) is 3.26. The highest BCUT2D eigenvalue weighted by molar-refractivity contribution is 5.37. The Morgan fingerprint density at radius 3 is 2.52 bits per heavy atom. The lowest BCUT2D eigenvalue weighted by Crippen LogP contribution is -2.45. The summed E-state index contributed by atoms with van der Waals surface area (Å²) in [6.07, 6.45) is 3.76. The molecule has 2 atom stereocenters. The maximum absolute atomic E-state index is 9.60. The lowest BCUT2D eigenvalue weighted by atomic mass is 9.97. The van der Waals surface area contributed by atoms with Crippen LogP contribution in [0, 0.1) is 0 Å². The molecular weight excluding hydrogens is 288 g/mol. The fraction of sp³-hybridized carbons (Fsp3) is 0.632. The van der Waals surface area contributed by atoms with Crippen molar-refractivity contribution < 1.29 is 9.53 Å². The summed E-state index contributed by atoms with van der Waals surface area (Å²) in [5.74, 6) is 0. The summed E-state index contributed by atoms with van der Waals surface area (Å²) in [4.78, 5) is 9.60. The van der Waals surface area contributed by atoms with Crippen molar-refractivity contribution in [1.82, 2.24) is 10.6 Å². The third-order valence-corrected chi connectivity index (χ3v) is 3.83. The van der Waals surface area contributed by atoms with Crippen molar-refractivity contribution in [3.63, 3.8) is 0 Å². The molecule has 2 unspecified atom stereocenters. The van der Waals surface area contributed by atoms with E-state index in [2.05, 4.69) is 52.6 Å². The molecule has 1 fully saturated rings. The smallest absolute Gasteiger partial charge is 0.293 e. The summed E-state index contributed by atoms with van der Waals surface area (Å²) < 4.78 is 4.55. The van der Waals surface area contributed by atoms with Crippen LogP contribution in [-0.4, -0.2) is 30.7 Å². The molecule has 0 saturated carbocycles. The number of carbonyl (C=O) groups excluding carboxylic acids is 1. The van der Waals surface area contributed by atoms with Gasteiger partial charge < -0.3 is 15.4 Å². The van der Waals surface area contributed by atoms with Crippen LogP contribution >= 0.6 is 0 Å². The Bertz CT molecular complexity index is 429. The summed E-state index contributed by atoms with van der Waals surface area (Å²) in [6, 6.07) is 12.0. The van der Waals surface area contributed by atoms with E-state index in [9.17, 15) is 4.79 Å². The van der Waals surface area contributed by atoms with E-state index in [1.54, 1.807) is 0 Å². The van der Waals surface area contributed by atoms with Gasteiger partial charge in [-0.1, -0.05) is 37.3 Å². The van der Waals surface area contributed by atoms with Crippen LogP contribution in [0.4, 0.5) is 0 Å². The largest absolute Gasteiger partial charge is 0.462 e. The Morgan fingerprint density at radius 2 is 2.00 bits per heavy atom. The van der Waals surface area contributed by atoms with E-state index >= 15 is 0 Å². The fourth-order valence-electron chi connectivity index (χ4n) is 2.51. The van der Waals surface area contributed by atoms with Crippen molar-refractivity contribution in [2.75, 3.05) is 6.54 Å². The minimum absolute atomic E-state index is 0.318. The minimum Gasteiger partial charge on any atom is -0.462 e. The van der Waals surface area contributed by atoms with Gasteiger partial charge >= 0.3 is 0 Å². The van der Waals surface area contributed by atoms with Crippen LogP contribution in [0.5, 0.6) is 0 Å². The first-order chi connectivity index (χ1) is 10.9. The number of rotatable bonds is 5. The second kappa shape index (κ2) is 10.4. The number of benzene rings is 1. The van der Waals surface area contributed by atoms with Crippen LogP contribution < -0.4 is 10.6 Å². The Kier molecular flexibility index (Phi) is 8.89. The zero-order valence-corrected chi connectivity index (χ0v) is 15.0. The lowest BCUT2D eigenvalue weighted by molar-refractivity contribution is -0.138. The summed E-state index contributed by atoms with van der Waals surface area (Å²) in [6.45, 7) is 10.3. The van der Waals surface area contributed by atoms with Crippen molar-refractivity contribution >= 4 is 6.47 Å². The van der Waals surface area contributed by atoms with Gasteiger partial charge in [0.15, 0.2) is 0 Å². The van der Waals surface area contributed by atoms with E-state index in [1.807, 2.05) is 20.8 Å². The third kappa shape index (κ3) is 9.36. The molecule has 0 radical (unpaired) electrons. The highest BCUT2D eigenvalue weighted by atomic mass is 16.5.